The van der Waals surface area contributed by atoms with E-state index >= 15 is 0 Å². The third-order valence-electron chi connectivity index (χ3n) is 2.81. The fraction of sp³-hybridized carbons (Fsp3) is 1.00. The summed E-state index contributed by atoms with van der Waals surface area (Å²) in [6.45, 7) is 15.1. The van der Waals surface area contributed by atoms with E-state index in [4.69, 9.17) is 0 Å². The predicted molar refractivity (Wildman–Crippen MR) is 74.0 cm³/mol. The van der Waals surface area contributed by atoms with Gasteiger partial charge in [0.2, 0.25) is 0 Å². The van der Waals surface area contributed by atoms with Crippen LogP contribution in [0.3, 0.4) is 0 Å². The van der Waals surface area contributed by atoms with Crippen LogP contribution >= 0.6 is 0 Å². The number of hydrogen-bond donors (Lipinski definition) is 1. The van der Waals surface area contributed by atoms with Crippen molar-refractivity contribution >= 4 is 0 Å². The van der Waals surface area contributed by atoms with Crippen LogP contribution in [-0.4, -0.2) is 37.6 Å². The molecule has 2 nitrogen and oxygen atoms in total. The molecule has 0 aromatic rings. The maximum atomic E-state index is 3.53. The molecule has 0 fully saturated rings. The number of hydrogen-bond acceptors (Lipinski definition) is 2. The minimum absolute atomic E-state index is 0.764. The van der Waals surface area contributed by atoms with Gasteiger partial charge in [-0.2, -0.15) is 0 Å². The molecule has 0 amide bonds. The number of unbranched alkanes of at least 4 members (excludes halogenated alkanes) is 2. The van der Waals surface area contributed by atoms with Crippen LogP contribution in [0.1, 0.15) is 53.4 Å². The van der Waals surface area contributed by atoms with Crippen molar-refractivity contribution in [3.05, 3.63) is 0 Å². The van der Waals surface area contributed by atoms with Gasteiger partial charge in [0.05, 0.1) is 0 Å². The molecule has 0 aromatic heterocycles. The average molecular weight is 228 g/mol. The van der Waals surface area contributed by atoms with E-state index < -0.39 is 0 Å². The SMILES string of the molecule is CCCCN(CCCC)CCNCC(C)C. The minimum atomic E-state index is 0.764. The van der Waals surface area contributed by atoms with E-state index in [0.717, 1.165) is 19.0 Å². The van der Waals surface area contributed by atoms with Crippen LogP contribution in [0.5, 0.6) is 0 Å². The van der Waals surface area contributed by atoms with Crippen LogP contribution < -0.4 is 5.32 Å². The molecule has 0 bridgehead atoms. The fourth-order valence-electron chi connectivity index (χ4n) is 1.73. The van der Waals surface area contributed by atoms with Crippen LogP contribution in [0.15, 0.2) is 0 Å². The summed E-state index contributed by atoms with van der Waals surface area (Å²) in [5, 5.41) is 3.53. The summed E-state index contributed by atoms with van der Waals surface area (Å²) in [5.74, 6) is 0.764. The van der Waals surface area contributed by atoms with Crippen molar-refractivity contribution in [1.82, 2.24) is 10.2 Å². The Morgan fingerprint density at radius 1 is 0.938 bits per heavy atom. The summed E-state index contributed by atoms with van der Waals surface area (Å²) >= 11 is 0. The average Bonchev–Trinajstić information content (AvgIpc) is 2.26. The van der Waals surface area contributed by atoms with E-state index in [1.54, 1.807) is 0 Å². The summed E-state index contributed by atoms with van der Waals surface area (Å²) in [7, 11) is 0. The molecule has 0 rings (SSSR count). The third kappa shape index (κ3) is 10.4. The number of rotatable bonds is 11. The lowest BCUT2D eigenvalue weighted by atomic mass is 10.2. The highest BCUT2D eigenvalue weighted by molar-refractivity contribution is 4.60. The summed E-state index contributed by atoms with van der Waals surface area (Å²) in [6.07, 6.45) is 5.30. The van der Waals surface area contributed by atoms with Crippen LogP contribution in [0.2, 0.25) is 0 Å². The van der Waals surface area contributed by atoms with Gasteiger partial charge in [-0.05, 0) is 38.4 Å². The highest BCUT2D eigenvalue weighted by Crippen LogP contribution is 1.98. The van der Waals surface area contributed by atoms with Crippen molar-refractivity contribution in [2.24, 2.45) is 5.92 Å². The van der Waals surface area contributed by atoms with Crippen LogP contribution in [0, 0.1) is 5.92 Å². The maximum absolute atomic E-state index is 3.53. The zero-order valence-corrected chi connectivity index (χ0v) is 11.9. The molecule has 0 atom stereocenters. The molecule has 0 heterocycles. The van der Waals surface area contributed by atoms with E-state index in [-0.39, 0.29) is 0 Å². The highest BCUT2D eigenvalue weighted by Gasteiger charge is 2.03. The summed E-state index contributed by atoms with van der Waals surface area (Å²) < 4.78 is 0. The lowest BCUT2D eigenvalue weighted by Crippen LogP contribution is -2.34. The molecule has 0 unspecified atom stereocenters. The number of nitrogens with zero attached hydrogens (tertiary/aromatic N) is 1. The van der Waals surface area contributed by atoms with Crippen LogP contribution in [0.25, 0.3) is 0 Å². The third-order valence-corrected chi connectivity index (χ3v) is 2.81. The predicted octanol–water partition coefficient (Wildman–Crippen LogP) is 3.13. The van der Waals surface area contributed by atoms with Crippen molar-refractivity contribution in [3.63, 3.8) is 0 Å². The smallest absolute Gasteiger partial charge is 0.0107 e. The first-order valence-corrected chi connectivity index (χ1v) is 7.13. The van der Waals surface area contributed by atoms with Crippen molar-refractivity contribution in [2.75, 3.05) is 32.7 Å². The Morgan fingerprint density at radius 2 is 1.50 bits per heavy atom. The highest BCUT2D eigenvalue weighted by atomic mass is 15.1. The molecule has 0 saturated heterocycles. The molecule has 0 spiro atoms. The Balaban J connectivity index is 3.56. The summed E-state index contributed by atoms with van der Waals surface area (Å²) in [5.41, 5.74) is 0. The first-order chi connectivity index (χ1) is 7.70. The molecule has 0 saturated carbocycles. The lowest BCUT2D eigenvalue weighted by molar-refractivity contribution is 0.263. The van der Waals surface area contributed by atoms with Crippen molar-refractivity contribution in [3.8, 4) is 0 Å². The molecule has 0 aliphatic heterocycles. The summed E-state index contributed by atoms with van der Waals surface area (Å²) in [6, 6.07) is 0. The van der Waals surface area contributed by atoms with Gasteiger partial charge in [-0.15, -0.1) is 0 Å². The van der Waals surface area contributed by atoms with E-state index in [0.29, 0.717) is 0 Å². The Morgan fingerprint density at radius 3 is 1.94 bits per heavy atom. The Kier molecular flexibility index (Phi) is 11.3. The molecule has 0 aliphatic rings. The molecule has 0 aromatic carbocycles. The molecular weight excluding hydrogens is 196 g/mol. The molecular formula is C14H32N2. The molecule has 0 aliphatic carbocycles. The molecule has 1 N–H and O–H groups in total. The molecule has 16 heavy (non-hydrogen) atoms. The van der Waals surface area contributed by atoms with Gasteiger partial charge >= 0.3 is 0 Å². The van der Waals surface area contributed by atoms with Crippen molar-refractivity contribution in [1.29, 1.82) is 0 Å². The van der Waals surface area contributed by atoms with Crippen molar-refractivity contribution in [2.45, 2.75) is 53.4 Å². The zero-order valence-electron chi connectivity index (χ0n) is 11.9. The molecule has 2 heteroatoms. The summed E-state index contributed by atoms with van der Waals surface area (Å²) in [4.78, 5) is 2.61. The van der Waals surface area contributed by atoms with Gasteiger partial charge < -0.3 is 10.2 Å². The monoisotopic (exact) mass is 228 g/mol. The van der Waals surface area contributed by atoms with E-state index in [1.165, 1.54) is 45.3 Å². The Labute approximate surface area is 103 Å². The van der Waals surface area contributed by atoms with Crippen LogP contribution in [-0.2, 0) is 0 Å². The number of nitrogens with one attached hydrogen (secondary N) is 1. The fourth-order valence-corrected chi connectivity index (χ4v) is 1.73. The van der Waals surface area contributed by atoms with E-state index in [9.17, 15) is 0 Å². The van der Waals surface area contributed by atoms with Gasteiger partial charge in [0, 0.05) is 13.1 Å². The first-order valence-electron chi connectivity index (χ1n) is 7.13. The first kappa shape index (κ1) is 15.9. The largest absolute Gasteiger partial charge is 0.315 e. The molecule has 0 radical (unpaired) electrons. The molecule has 98 valence electrons. The second kappa shape index (κ2) is 11.4. The quantitative estimate of drug-likeness (QED) is 0.547. The van der Waals surface area contributed by atoms with Gasteiger partial charge in [0.25, 0.3) is 0 Å². The van der Waals surface area contributed by atoms with Crippen molar-refractivity contribution < 1.29 is 0 Å². The van der Waals surface area contributed by atoms with Gasteiger partial charge in [-0.1, -0.05) is 40.5 Å². The second-order valence-corrected chi connectivity index (χ2v) is 5.15. The second-order valence-electron chi connectivity index (χ2n) is 5.15. The van der Waals surface area contributed by atoms with E-state index in [2.05, 4.69) is 37.9 Å². The van der Waals surface area contributed by atoms with Gasteiger partial charge in [0.15, 0.2) is 0 Å². The standard InChI is InChI=1S/C14H32N2/c1-5-7-10-16(11-8-6-2)12-9-15-13-14(3)4/h14-15H,5-13H2,1-4H3. The van der Waals surface area contributed by atoms with E-state index in [1.807, 2.05) is 0 Å². The van der Waals surface area contributed by atoms with Gasteiger partial charge in [-0.3, -0.25) is 0 Å². The minimum Gasteiger partial charge on any atom is -0.315 e. The topological polar surface area (TPSA) is 15.3 Å². The van der Waals surface area contributed by atoms with Crippen LogP contribution in [0.4, 0.5) is 0 Å². The maximum Gasteiger partial charge on any atom is 0.0107 e. The van der Waals surface area contributed by atoms with Gasteiger partial charge in [0.1, 0.15) is 0 Å². The Bertz CT molecular complexity index is 127. The normalized spacial score (nSPS) is 11.6. The lowest BCUT2D eigenvalue weighted by Gasteiger charge is -2.22. The van der Waals surface area contributed by atoms with Gasteiger partial charge in [-0.25, -0.2) is 0 Å². The zero-order chi connectivity index (χ0) is 12.2. The Hall–Kier alpha value is -0.0800.